The zero-order valence-corrected chi connectivity index (χ0v) is 20.0. The number of nitrogens with one attached hydrogen (secondary N) is 2. The molecule has 1 saturated heterocycles. The maximum Gasteiger partial charge on any atom is 0.282 e. The number of hydrogen-bond donors (Lipinski definition) is 2. The van der Waals surface area contributed by atoms with Gasteiger partial charge < -0.3 is 10.2 Å². The van der Waals surface area contributed by atoms with E-state index in [1.54, 1.807) is 6.08 Å². The molecule has 0 aliphatic carbocycles. The molecule has 1 amide bonds. The summed E-state index contributed by atoms with van der Waals surface area (Å²) in [4.78, 5) is 14.1. The van der Waals surface area contributed by atoms with Crippen LogP contribution in [0, 0.1) is 0 Å². The summed E-state index contributed by atoms with van der Waals surface area (Å²) in [6.07, 6.45) is 1.62. The average molecular weight is 477 g/mol. The third-order valence-electron chi connectivity index (χ3n) is 6.23. The van der Waals surface area contributed by atoms with Crippen LogP contribution in [0.25, 0.3) is 17.2 Å². The highest BCUT2D eigenvalue weighted by Gasteiger charge is 2.33. The first kappa shape index (κ1) is 23.9. The van der Waals surface area contributed by atoms with Gasteiger partial charge in [0.15, 0.2) is 6.04 Å². The molecule has 0 unspecified atom stereocenters. The summed E-state index contributed by atoms with van der Waals surface area (Å²) in [6.45, 7) is 3.82. The van der Waals surface area contributed by atoms with Crippen molar-refractivity contribution in [1.29, 1.82) is 0 Å². The minimum absolute atomic E-state index is 0.0707. The van der Waals surface area contributed by atoms with Crippen molar-refractivity contribution in [1.82, 2.24) is 4.31 Å². The molecule has 0 saturated carbocycles. The lowest BCUT2D eigenvalue weighted by atomic mass is 10.0. The summed E-state index contributed by atoms with van der Waals surface area (Å²) in [6, 6.07) is 26.8. The highest BCUT2D eigenvalue weighted by Crippen LogP contribution is 2.27. The summed E-state index contributed by atoms with van der Waals surface area (Å²) >= 11 is 0. The molecular weight excluding hydrogens is 446 g/mol. The Labute approximate surface area is 201 Å². The fraction of sp³-hybridized carbons (Fsp3) is 0.222. The normalized spacial score (nSPS) is 16.4. The molecule has 1 aliphatic rings. The van der Waals surface area contributed by atoms with Crippen molar-refractivity contribution in [3.8, 4) is 11.1 Å². The number of benzene rings is 3. The lowest BCUT2D eigenvalue weighted by Crippen LogP contribution is -3.19. The average Bonchev–Trinajstić information content (AvgIpc) is 2.88. The third-order valence-corrected chi connectivity index (χ3v) is 7.80. The molecule has 1 atom stereocenters. The zero-order chi connectivity index (χ0) is 24.0. The van der Waals surface area contributed by atoms with E-state index in [4.69, 9.17) is 0 Å². The van der Waals surface area contributed by atoms with Crippen molar-refractivity contribution in [2.75, 3.05) is 31.5 Å². The SMILES string of the molecule is C[C@H](C(=O)Nc1ccccc1-c1ccccc1)[NH+]1CCN(S(=O)(=O)/C=C/c2ccccc2)CC1. The Hall–Kier alpha value is -3.26. The molecule has 0 aromatic heterocycles. The highest BCUT2D eigenvalue weighted by atomic mass is 32.2. The van der Waals surface area contributed by atoms with Gasteiger partial charge in [-0.15, -0.1) is 0 Å². The van der Waals surface area contributed by atoms with E-state index in [9.17, 15) is 13.2 Å². The second kappa shape index (κ2) is 10.8. The molecule has 0 bridgehead atoms. The monoisotopic (exact) mass is 476 g/mol. The number of anilines is 1. The maximum absolute atomic E-state index is 13.1. The first-order valence-electron chi connectivity index (χ1n) is 11.5. The Kier molecular flexibility index (Phi) is 7.57. The van der Waals surface area contributed by atoms with Crippen LogP contribution in [0.5, 0.6) is 0 Å². The zero-order valence-electron chi connectivity index (χ0n) is 19.2. The fourth-order valence-corrected chi connectivity index (χ4v) is 5.36. The van der Waals surface area contributed by atoms with Crippen molar-refractivity contribution in [2.24, 2.45) is 0 Å². The molecule has 1 aliphatic heterocycles. The Balaban J connectivity index is 1.36. The second-order valence-electron chi connectivity index (χ2n) is 8.44. The van der Waals surface area contributed by atoms with Crippen molar-refractivity contribution in [2.45, 2.75) is 13.0 Å². The number of hydrogen-bond acceptors (Lipinski definition) is 3. The van der Waals surface area contributed by atoms with Crippen LogP contribution in [0.4, 0.5) is 5.69 Å². The molecule has 4 rings (SSSR count). The Morgan fingerprint density at radius 3 is 2.18 bits per heavy atom. The van der Waals surface area contributed by atoms with Crippen LogP contribution >= 0.6 is 0 Å². The lowest BCUT2D eigenvalue weighted by Gasteiger charge is -2.33. The predicted octanol–water partition coefficient (Wildman–Crippen LogP) is 2.88. The van der Waals surface area contributed by atoms with Crippen molar-refractivity contribution < 1.29 is 18.1 Å². The van der Waals surface area contributed by atoms with Gasteiger partial charge in [0, 0.05) is 16.7 Å². The Bertz CT molecular complexity index is 1240. The van der Waals surface area contributed by atoms with E-state index in [1.165, 1.54) is 9.71 Å². The molecule has 6 nitrogen and oxygen atoms in total. The summed E-state index contributed by atoms with van der Waals surface area (Å²) in [5, 5.41) is 4.35. The maximum atomic E-state index is 13.1. The molecule has 0 radical (unpaired) electrons. The van der Waals surface area contributed by atoms with E-state index in [-0.39, 0.29) is 11.9 Å². The molecule has 0 spiro atoms. The standard InChI is InChI=1S/C27H29N3O3S/c1-22(27(31)28-26-15-9-8-14-25(26)24-12-6-3-7-13-24)29-17-19-30(20-18-29)34(32,33)21-16-23-10-4-2-5-11-23/h2-16,21-22H,17-20H2,1H3,(H,28,31)/p+1/b21-16+/t22-/m1/s1. The quantitative estimate of drug-likeness (QED) is 0.551. The Morgan fingerprint density at radius 2 is 1.50 bits per heavy atom. The van der Waals surface area contributed by atoms with Gasteiger partial charge in [0.2, 0.25) is 10.0 Å². The molecule has 176 valence electrons. The molecular formula is C27H30N3O3S+. The minimum atomic E-state index is -3.50. The highest BCUT2D eigenvalue weighted by molar-refractivity contribution is 7.92. The molecule has 1 fully saturated rings. The number of amides is 1. The van der Waals surface area contributed by atoms with Crippen molar-refractivity contribution >= 4 is 27.7 Å². The van der Waals surface area contributed by atoms with Crippen LogP contribution in [0.1, 0.15) is 12.5 Å². The number of nitrogens with zero attached hydrogens (tertiary/aromatic N) is 1. The Morgan fingerprint density at radius 1 is 0.912 bits per heavy atom. The van der Waals surface area contributed by atoms with E-state index >= 15 is 0 Å². The van der Waals surface area contributed by atoms with Crippen LogP contribution in [0.3, 0.4) is 0 Å². The van der Waals surface area contributed by atoms with E-state index in [0.717, 1.165) is 27.3 Å². The van der Waals surface area contributed by atoms with Crippen LogP contribution in [-0.4, -0.2) is 50.9 Å². The number of quaternary nitrogens is 1. The number of piperazine rings is 1. The van der Waals surface area contributed by atoms with Gasteiger partial charge in [-0.2, -0.15) is 4.31 Å². The fourth-order valence-electron chi connectivity index (χ4n) is 4.16. The number of rotatable bonds is 7. The predicted molar refractivity (Wildman–Crippen MR) is 137 cm³/mol. The number of carbonyl (C=O) groups is 1. The summed E-state index contributed by atoms with van der Waals surface area (Å²) in [5.41, 5.74) is 3.63. The smallest absolute Gasteiger partial charge is 0.282 e. The van der Waals surface area contributed by atoms with Crippen molar-refractivity contribution in [3.63, 3.8) is 0 Å². The van der Waals surface area contributed by atoms with Gasteiger partial charge in [-0.1, -0.05) is 78.9 Å². The van der Waals surface area contributed by atoms with Crippen molar-refractivity contribution in [3.05, 3.63) is 95.9 Å². The van der Waals surface area contributed by atoms with Gasteiger partial charge in [-0.05, 0) is 30.2 Å². The molecule has 7 heteroatoms. The number of carbonyl (C=O) groups excluding carboxylic acids is 1. The van der Waals surface area contributed by atoms with E-state index in [0.29, 0.717) is 26.2 Å². The van der Waals surface area contributed by atoms with Crippen LogP contribution in [-0.2, 0) is 14.8 Å². The largest absolute Gasteiger partial charge is 0.323 e. The summed E-state index contributed by atoms with van der Waals surface area (Å²) in [5.74, 6) is -0.0707. The van der Waals surface area contributed by atoms with Crippen LogP contribution < -0.4 is 10.2 Å². The number of sulfonamides is 1. The second-order valence-corrected chi connectivity index (χ2v) is 10.3. The van der Waals surface area contributed by atoms with Gasteiger partial charge in [0.05, 0.1) is 26.2 Å². The van der Waals surface area contributed by atoms with Gasteiger partial charge in [-0.3, -0.25) is 4.79 Å². The third kappa shape index (κ3) is 5.80. The molecule has 1 heterocycles. The van der Waals surface area contributed by atoms with Gasteiger partial charge in [0.1, 0.15) is 0 Å². The van der Waals surface area contributed by atoms with E-state index < -0.39 is 10.0 Å². The first-order chi connectivity index (χ1) is 16.4. The topological polar surface area (TPSA) is 70.9 Å². The van der Waals surface area contributed by atoms with E-state index in [2.05, 4.69) is 5.32 Å². The summed E-state index contributed by atoms with van der Waals surface area (Å²) in [7, 11) is -3.50. The number of para-hydroxylation sites is 1. The summed E-state index contributed by atoms with van der Waals surface area (Å²) < 4.78 is 27.0. The van der Waals surface area contributed by atoms with Gasteiger partial charge in [0.25, 0.3) is 5.91 Å². The first-order valence-corrected chi connectivity index (χ1v) is 13.0. The lowest BCUT2D eigenvalue weighted by molar-refractivity contribution is -0.917. The van der Waals surface area contributed by atoms with Crippen LogP contribution in [0.15, 0.2) is 90.3 Å². The van der Waals surface area contributed by atoms with Crippen LogP contribution in [0.2, 0.25) is 0 Å². The molecule has 3 aromatic carbocycles. The molecule has 2 N–H and O–H groups in total. The minimum Gasteiger partial charge on any atom is -0.323 e. The van der Waals surface area contributed by atoms with E-state index in [1.807, 2.05) is 91.9 Å². The van der Waals surface area contributed by atoms with Gasteiger partial charge in [-0.25, -0.2) is 8.42 Å². The molecule has 3 aromatic rings. The molecule has 34 heavy (non-hydrogen) atoms. The van der Waals surface area contributed by atoms with Gasteiger partial charge >= 0.3 is 0 Å².